The van der Waals surface area contributed by atoms with E-state index in [0.29, 0.717) is 34.0 Å². The van der Waals surface area contributed by atoms with Crippen LogP contribution in [0.25, 0.3) is 5.69 Å². The van der Waals surface area contributed by atoms with Gasteiger partial charge in [-0.2, -0.15) is 0 Å². The highest BCUT2D eigenvalue weighted by Gasteiger charge is 2.34. The third-order valence-corrected chi connectivity index (χ3v) is 7.95. The summed E-state index contributed by atoms with van der Waals surface area (Å²) < 4.78 is 38.0. The minimum Gasteiger partial charge on any atom is -0.359 e. The Labute approximate surface area is 199 Å². The monoisotopic (exact) mass is 480 g/mol. The molecule has 0 aliphatic carbocycles. The van der Waals surface area contributed by atoms with Crippen LogP contribution in [0.1, 0.15) is 33.8 Å². The van der Waals surface area contributed by atoms with Crippen molar-refractivity contribution in [3.05, 3.63) is 92.7 Å². The Balaban J connectivity index is 1.99. The van der Waals surface area contributed by atoms with E-state index in [4.69, 9.17) is 4.52 Å². The highest BCUT2D eigenvalue weighted by atomic mass is 32.2. The first-order chi connectivity index (χ1) is 16.0. The summed E-state index contributed by atoms with van der Waals surface area (Å²) in [6.07, 6.45) is 0. The summed E-state index contributed by atoms with van der Waals surface area (Å²) in [6.45, 7) is 8.79. The number of anilines is 1. The van der Waals surface area contributed by atoms with Gasteiger partial charge in [-0.05, 0) is 57.9 Å². The smallest absolute Gasteiger partial charge is 0.296 e. The molecule has 0 saturated heterocycles. The van der Waals surface area contributed by atoms with Gasteiger partial charge in [0.2, 0.25) is 0 Å². The number of sulfonamides is 1. The zero-order chi connectivity index (χ0) is 24.8. The summed E-state index contributed by atoms with van der Waals surface area (Å²) in [5, 5.41) is 3.90. The van der Waals surface area contributed by atoms with E-state index in [2.05, 4.69) is 5.16 Å². The molecule has 34 heavy (non-hydrogen) atoms. The molecule has 0 fully saturated rings. The fraction of sp³-hybridized carbons (Fsp3) is 0.280. The summed E-state index contributed by atoms with van der Waals surface area (Å²) in [6, 6.07) is 14.5. The minimum absolute atomic E-state index is 0.0692. The molecule has 9 heteroatoms. The van der Waals surface area contributed by atoms with Crippen LogP contribution in [-0.2, 0) is 23.6 Å². The number of hydrogen-bond acceptors (Lipinski definition) is 5. The molecular formula is C25H28N4O4S. The molecule has 2 aromatic carbocycles. The first-order valence-corrected chi connectivity index (χ1v) is 12.3. The van der Waals surface area contributed by atoms with E-state index in [-0.39, 0.29) is 17.1 Å². The molecule has 0 amide bonds. The zero-order valence-corrected chi connectivity index (χ0v) is 21.0. The molecule has 2 aromatic heterocycles. The average Bonchev–Trinajstić information content (AvgIpc) is 3.26. The Kier molecular flexibility index (Phi) is 5.99. The second-order valence-electron chi connectivity index (χ2n) is 8.58. The number of para-hydroxylation sites is 1. The molecule has 4 aromatic rings. The Morgan fingerprint density at radius 3 is 2.15 bits per heavy atom. The molecule has 0 N–H and O–H groups in total. The molecule has 0 radical (unpaired) electrons. The lowest BCUT2D eigenvalue weighted by atomic mass is 10.1. The standard InChI is InChI=1S/C25H28N4O4S/c1-16-12-17(2)24(18(3)13-16)34(31,32)28(15-22-14-19(4)26-33-22)23-20(5)27(6)29(25(23)30)21-10-8-7-9-11-21/h7-14H,15H2,1-6H3. The quantitative estimate of drug-likeness (QED) is 0.414. The third-order valence-electron chi connectivity index (χ3n) is 5.90. The maximum absolute atomic E-state index is 14.2. The molecule has 0 bridgehead atoms. The summed E-state index contributed by atoms with van der Waals surface area (Å²) in [7, 11) is -2.40. The molecule has 8 nitrogen and oxygen atoms in total. The molecule has 0 aliphatic heterocycles. The molecule has 0 aliphatic rings. The Bertz CT molecular complexity index is 1510. The Hall–Kier alpha value is -3.59. The van der Waals surface area contributed by atoms with Crippen LogP contribution >= 0.6 is 0 Å². The van der Waals surface area contributed by atoms with Crippen molar-refractivity contribution in [1.29, 1.82) is 0 Å². The second-order valence-corrected chi connectivity index (χ2v) is 10.4. The number of nitrogens with zero attached hydrogens (tertiary/aromatic N) is 4. The fourth-order valence-electron chi connectivity index (χ4n) is 4.44. The lowest BCUT2D eigenvalue weighted by Crippen LogP contribution is -2.35. The maximum atomic E-state index is 14.2. The summed E-state index contributed by atoms with van der Waals surface area (Å²) >= 11 is 0. The minimum atomic E-state index is -4.13. The first kappa shape index (κ1) is 23.6. The van der Waals surface area contributed by atoms with Crippen LogP contribution in [0.3, 0.4) is 0 Å². The van der Waals surface area contributed by atoms with Gasteiger partial charge in [-0.1, -0.05) is 41.1 Å². The summed E-state index contributed by atoms with van der Waals surface area (Å²) in [4.78, 5) is 13.9. The molecule has 0 saturated carbocycles. The topological polar surface area (TPSA) is 90.3 Å². The van der Waals surface area contributed by atoms with Crippen LogP contribution in [-0.4, -0.2) is 22.9 Å². The SMILES string of the molecule is Cc1cc(C)c(S(=O)(=O)N(Cc2cc(C)no2)c2c(C)n(C)n(-c3ccccc3)c2=O)c(C)c1. The van der Waals surface area contributed by atoms with E-state index in [1.165, 1.54) is 4.68 Å². The number of aromatic nitrogens is 3. The van der Waals surface area contributed by atoms with Crippen LogP contribution in [0.2, 0.25) is 0 Å². The van der Waals surface area contributed by atoms with Gasteiger partial charge >= 0.3 is 0 Å². The van der Waals surface area contributed by atoms with Gasteiger partial charge in [0.25, 0.3) is 15.6 Å². The number of rotatable bonds is 6. The fourth-order valence-corrected chi connectivity index (χ4v) is 6.34. The highest BCUT2D eigenvalue weighted by Crippen LogP contribution is 2.31. The highest BCUT2D eigenvalue weighted by molar-refractivity contribution is 7.92. The lowest BCUT2D eigenvalue weighted by molar-refractivity contribution is 0.381. The van der Waals surface area contributed by atoms with E-state index < -0.39 is 15.6 Å². The Morgan fingerprint density at radius 1 is 0.971 bits per heavy atom. The van der Waals surface area contributed by atoms with E-state index in [1.807, 2.05) is 37.3 Å². The Morgan fingerprint density at radius 2 is 1.59 bits per heavy atom. The van der Waals surface area contributed by atoms with E-state index in [9.17, 15) is 13.2 Å². The van der Waals surface area contributed by atoms with Gasteiger partial charge in [0.15, 0.2) is 5.76 Å². The predicted molar refractivity (Wildman–Crippen MR) is 131 cm³/mol. The van der Waals surface area contributed by atoms with Crippen LogP contribution in [0.5, 0.6) is 0 Å². The second kappa shape index (κ2) is 8.64. The van der Waals surface area contributed by atoms with Crippen molar-refractivity contribution in [2.24, 2.45) is 7.05 Å². The zero-order valence-electron chi connectivity index (χ0n) is 20.2. The first-order valence-electron chi connectivity index (χ1n) is 10.9. The van der Waals surface area contributed by atoms with E-state index >= 15 is 0 Å². The predicted octanol–water partition coefficient (Wildman–Crippen LogP) is 4.10. The molecule has 4 rings (SSSR count). The number of hydrogen-bond donors (Lipinski definition) is 0. The van der Waals surface area contributed by atoms with Crippen molar-refractivity contribution < 1.29 is 12.9 Å². The van der Waals surface area contributed by atoms with Crippen LogP contribution < -0.4 is 9.86 Å². The summed E-state index contributed by atoms with van der Waals surface area (Å²) in [5.41, 5.74) is 3.61. The number of benzene rings is 2. The van der Waals surface area contributed by atoms with Gasteiger partial charge in [-0.25, -0.2) is 13.1 Å². The van der Waals surface area contributed by atoms with Gasteiger partial charge in [0.1, 0.15) is 5.69 Å². The van der Waals surface area contributed by atoms with Gasteiger partial charge in [0.05, 0.1) is 28.5 Å². The normalized spacial score (nSPS) is 11.7. The maximum Gasteiger partial charge on any atom is 0.296 e. The van der Waals surface area contributed by atoms with Gasteiger partial charge in [0, 0.05) is 13.1 Å². The van der Waals surface area contributed by atoms with Crippen molar-refractivity contribution in [3.8, 4) is 5.69 Å². The largest absolute Gasteiger partial charge is 0.359 e. The van der Waals surface area contributed by atoms with Crippen LogP contribution in [0.15, 0.2) is 62.7 Å². The molecule has 0 unspecified atom stereocenters. The van der Waals surface area contributed by atoms with Crippen molar-refractivity contribution in [3.63, 3.8) is 0 Å². The summed E-state index contributed by atoms with van der Waals surface area (Å²) in [5.74, 6) is 0.345. The van der Waals surface area contributed by atoms with Gasteiger partial charge in [-0.15, -0.1) is 0 Å². The van der Waals surface area contributed by atoms with E-state index in [1.54, 1.807) is 57.6 Å². The van der Waals surface area contributed by atoms with Crippen molar-refractivity contribution in [2.75, 3.05) is 4.31 Å². The van der Waals surface area contributed by atoms with Crippen molar-refractivity contribution >= 4 is 15.7 Å². The van der Waals surface area contributed by atoms with Crippen LogP contribution in [0.4, 0.5) is 5.69 Å². The molecule has 0 atom stereocenters. The molecular weight excluding hydrogens is 452 g/mol. The third kappa shape index (κ3) is 3.96. The van der Waals surface area contributed by atoms with E-state index in [0.717, 1.165) is 9.87 Å². The number of aryl methyl sites for hydroxylation is 4. The molecule has 2 heterocycles. The van der Waals surface area contributed by atoms with Gasteiger partial charge < -0.3 is 4.52 Å². The van der Waals surface area contributed by atoms with Crippen LogP contribution in [0, 0.1) is 34.6 Å². The average molecular weight is 481 g/mol. The van der Waals surface area contributed by atoms with Crippen molar-refractivity contribution in [2.45, 2.75) is 46.1 Å². The molecule has 0 spiro atoms. The van der Waals surface area contributed by atoms with Gasteiger partial charge in [-0.3, -0.25) is 13.8 Å². The van der Waals surface area contributed by atoms with Crippen molar-refractivity contribution in [1.82, 2.24) is 14.5 Å². The lowest BCUT2D eigenvalue weighted by Gasteiger charge is -2.24. The molecule has 178 valence electrons.